The van der Waals surface area contributed by atoms with E-state index in [0.29, 0.717) is 5.92 Å². The Labute approximate surface area is 108 Å². The van der Waals surface area contributed by atoms with Crippen molar-refractivity contribution in [2.45, 2.75) is 44.8 Å². The first kappa shape index (κ1) is 13.1. The molecule has 0 aliphatic heterocycles. The highest BCUT2D eigenvalue weighted by molar-refractivity contribution is 5.77. The highest BCUT2D eigenvalue weighted by atomic mass is 16.3. The number of benzene rings is 1. The minimum atomic E-state index is -1.10. The third kappa shape index (κ3) is 3.33. The van der Waals surface area contributed by atoms with Gasteiger partial charge in [-0.05, 0) is 38.2 Å². The van der Waals surface area contributed by atoms with Crippen LogP contribution in [0.3, 0.4) is 0 Å². The Morgan fingerprint density at radius 1 is 1.44 bits per heavy atom. The Bertz CT molecular complexity index is 410. The molecule has 1 aromatic carbocycles. The molecule has 18 heavy (non-hydrogen) atoms. The quantitative estimate of drug-likeness (QED) is 0.838. The summed E-state index contributed by atoms with van der Waals surface area (Å²) in [5, 5.41) is 13.3. The lowest BCUT2D eigenvalue weighted by Crippen LogP contribution is -2.38. The van der Waals surface area contributed by atoms with Gasteiger partial charge in [0.15, 0.2) is 0 Å². The molecular formula is C15H21NO2. The molecule has 3 nitrogen and oxygen atoms in total. The number of hydrogen-bond acceptors (Lipinski definition) is 2. The fourth-order valence-corrected chi connectivity index (χ4v) is 2.23. The monoisotopic (exact) mass is 247 g/mol. The van der Waals surface area contributed by atoms with Gasteiger partial charge in [0.25, 0.3) is 0 Å². The molecular weight excluding hydrogens is 226 g/mol. The van der Waals surface area contributed by atoms with Crippen molar-refractivity contribution in [2.75, 3.05) is 0 Å². The van der Waals surface area contributed by atoms with Gasteiger partial charge in [-0.1, -0.05) is 30.3 Å². The first-order chi connectivity index (χ1) is 8.49. The van der Waals surface area contributed by atoms with Gasteiger partial charge in [-0.3, -0.25) is 4.79 Å². The molecule has 1 aromatic rings. The summed E-state index contributed by atoms with van der Waals surface area (Å²) in [5.41, 5.74) is -0.326. The van der Waals surface area contributed by atoms with E-state index in [9.17, 15) is 9.90 Å². The second-order valence-corrected chi connectivity index (χ2v) is 5.51. The molecule has 1 saturated carbocycles. The lowest BCUT2D eigenvalue weighted by atomic mass is 9.92. The van der Waals surface area contributed by atoms with E-state index in [1.807, 2.05) is 37.3 Å². The maximum Gasteiger partial charge on any atom is 0.223 e. The third-order valence-electron chi connectivity index (χ3n) is 3.62. The number of amides is 1. The van der Waals surface area contributed by atoms with Crippen LogP contribution in [-0.2, 0) is 10.4 Å². The number of carbonyl (C=O) groups is 1. The fourth-order valence-electron chi connectivity index (χ4n) is 2.23. The molecule has 0 spiro atoms. The fraction of sp³-hybridized carbons (Fsp3) is 0.533. The summed E-state index contributed by atoms with van der Waals surface area (Å²) in [6, 6.07) is 9.55. The van der Waals surface area contributed by atoms with Crippen LogP contribution >= 0.6 is 0 Å². The van der Waals surface area contributed by atoms with Crippen molar-refractivity contribution < 1.29 is 9.90 Å². The Balaban J connectivity index is 1.93. The van der Waals surface area contributed by atoms with Gasteiger partial charge < -0.3 is 10.4 Å². The van der Waals surface area contributed by atoms with Crippen molar-refractivity contribution in [3.8, 4) is 0 Å². The van der Waals surface area contributed by atoms with Gasteiger partial charge in [-0.15, -0.1) is 0 Å². The number of rotatable bonds is 5. The molecule has 2 N–H and O–H groups in total. The Kier molecular flexibility index (Phi) is 3.71. The first-order valence-corrected chi connectivity index (χ1v) is 6.56. The minimum Gasteiger partial charge on any atom is -0.385 e. The van der Waals surface area contributed by atoms with Crippen molar-refractivity contribution in [3.05, 3.63) is 35.9 Å². The zero-order valence-electron chi connectivity index (χ0n) is 11.0. The number of nitrogens with one attached hydrogen (secondary N) is 1. The van der Waals surface area contributed by atoms with Crippen LogP contribution < -0.4 is 5.32 Å². The van der Waals surface area contributed by atoms with E-state index in [2.05, 4.69) is 5.32 Å². The van der Waals surface area contributed by atoms with Crippen LogP contribution in [0.2, 0.25) is 0 Å². The number of hydrogen-bond donors (Lipinski definition) is 2. The van der Waals surface area contributed by atoms with Crippen molar-refractivity contribution >= 4 is 5.91 Å². The van der Waals surface area contributed by atoms with Gasteiger partial charge in [0.05, 0.1) is 12.0 Å². The zero-order valence-corrected chi connectivity index (χ0v) is 11.0. The summed E-state index contributed by atoms with van der Waals surface area (Å²) in [7, 11) is 0. The Morgan fingerprint density at radius 3 is 2.61 bits per heavy atom. The van der Waals surface area contributed by atoms with Crippen LogP contribution in [0.5, 0.6) is 0 Å². The topological polar surface area (TPSA) is 49.3 Å². The standard InChI is InChI=1S/C15H21NO2/c1-11(12-8-9-12)16-14(17)10-15(2,18)13-6-4-3-5-7-13/h3-7,11-12,18H,8-10H2,1-2H3,(H,16,17). The summed E-state index contributed by atoms with van der Waals surface area (Å²) >= 11 is 0. The van der Waals surface area contributed by atoms with Gasteiger partial charge in [0, 0.05) is 6.04 Å². The summed E-state index contributed by atoms with van der Waals surface area (Å²) in [6.45, 7) is 3.72. The van der Waals surface area contributed by atoms with Crippen molar-refractivity contribution in [1.82, 2.24) is 5.32 Å². The maximum absolute atomic E-state index is 11.9. The molecule has 1 fully saturated rings. The van der Waals surface area contributed by atoms with Crippen LogP contribution in [0, 0.1) is 5.92 Å². The van der Waals surface area contributed by atoms with Crippen LogP contribution in [0.4, 0.5) is 0 Å². The van der Waals surface area contributed by atoms with Gasteiger partial charge >= 0.3 is 0 Å². The van der Waals surface area contributed by atoms with E-state index >= 15 is 0 Å². The average molecular weight is 247 g/mol. The van der Waals surface area contributed by atoms with Gasteiger partial charge in [0.2, 0.25) is 5.91 Å². The van der Waals surface area contributed by atoms with Gasteiger partial charge in [-0.25, -0.2) is 0 Å². The van der Waals surface area contributed by atoms with E-state index in [1.165, 1.54) is 12.8 Å². The zero-order chi connectivity index (χ0) is 13.2. The maximum atomic E-state index is 11.9. The van der Waals surface area contributed by atoms with E-state index < -0.39 is 5.60 Å². The highest BCUT2D eigenvalue weighted by Gasteiger charge is 2.31. The Hall–Kier alpha value is -1.35. The predicted molar refractivity (Wildman–Crippen MR) is 71.0 cm³/mol. The van der Waals surface area contributed by atoms with E-state index in [1.54, 1.807) is 6.92 Å². The molecule has 98 valence electrons. The molecule has 1 aliphatic carbocycles. The molecule has 0 radical (unpaired) electrons. The summed E-state index contributed by atoms with van der Waals surface area (Å²) in [5.74, 6) is 0.555. The summed E-state index contributed by atoms with van der Waals surface area (Å²) in [4.78, 5) is 11.9. The third-order valence-corrected chi connectivity index (χ3v) is 3.62. The van der Waals surface area contributed by atoms with Crippen molar-refractivity contribution in [2.24, 2.45) is 5.92 Å². The second-order valence-electron chi connectivity index (χ2n) is 5.51. The van der Waals surface area contributed by atoms with Gasteiger partial charge in [-0.2, -0.15) is 0 Å². The molecule has 0 aromatic heterocycles. The van der Waals surface area contributed by atoms with Crippen LogP contribution in [0.1, 0.15) is 38.7 Å². The SMILES string of the molecule is CC(NC(=O)CC(C)(O)c1ccccc1)C1CC1. The van der Waals surface area contributed by atoms with E-state index in [4.69, 9.17) is 0 Å². The lowest BCUT2D eigenvalue weighted by Gasteiger charge is -2.24. The smallest absolute Gasteiger partial charge is 0.223 e. The molecule has 0 bridgehead atoms. The Morgan fingerprint density at radius 2 is 2.06 bits per heavy atom. The molecule has 0 heterocycles. The predicted octanol–water partition coefficient (Wildman–Crippen LogP) is 2.20. The molecule has 1 amide bonds. The molecule has 2 atom stereocenters. The van der Waals surface area contributed by atoms with Gasteiger partial charge in [0.1, 0.15) is 0 Å². The molecule has 2 unspecified atom stereocenters. The number of carbonyl (C=O) groups excluding carboxylic acids is 1. The summed E-state index contributed by atoms with van der Waals surface area (Å²) in [6.07, 6.45) is 2.52. The highest BCUT2D eigenvalue weighted by Crippen LogP contribution is 2.32. The van der Waals surface area contributed by atoms with Crippen molar-refractivity contribution in [1.29, 1.82) is 0 Å². The largest absolute Gasteiger partial charge is 0.385 e. The normalized spacial score (nSPS) is 19.9. The van der Waals surface area contributed by atoms with Crippen LogP contribution in [0.25, 0.3) is 0 Å². The molecule has 1 aliphatic rings. The lowest BCUT2D eigenvalue weighted by molar-refractivity contribution is -0.126. The van der Waals surface area contributed by atoms with Crippen LogP contribution in [0.15, 0.2) is 30.3 Å². The first-order valence-electron chi connectivity index (χ1n) is 6.56. The molecule has 3 heteroatoms. The number of aliphatic hydroxyl groups is 1. The molecule has 2 rings (SSSR count). The summed E-state index contributed by atoms with van der Waals surface area (Å²) < 4.78 is 0. The van der Waals surface area contributed by atoms with Crippen molar-refractivity contribution in [3.63, 3.8) is 0 Å². The minimum absolute atomic E-state index is 0.0803. The van der Waals surface area contributed by atoms with Crippen LogP contribution in [-0.4, -0.2) is 17.1 Å². The van der Waals surface area contributed by atoms with E-state index in [0.717, 1.165) is 5.56 Å². The molecule has 0 saturated heterocycles. The average Bonchev–Trinajstić information content (AvgIpc) is 3.13. The van der Waals surface area contributed by atoms with E-state index in [-0.39, 0.29) is 18.4 Å². The second kappa shape index (κ2) is 5.11.